The van der Waals surface area contributed by atoms with Crippen LogP contribution in [-0.2, 0) is 11.2 Å². The SMILES string of the molecule is CC(=O)N1CCc2cc(C(=O)Nc3ccc(C)c(C)c3)ccc21. The molecule has 4 nitrogen and oxygen atoms in total. The van der Waals surface area contributed by atoms with Gasteiger partial charge in [-0.25, -0.2) is 0 Å². The molecular weight excluding hydrogens is 288 g/mol. The van der Waals surface area contributed by atoms with Crippen LogP contribution in [0.5, 0.6) is 0 Å². The van der Waals surface area contributed by atoms with Crippen molar-refractivity contribution in [1.82, 2.24) is 0 Å². The molecule has 0 aromatic heterocycles. The number of anilines is 2. The smallest absolute Gasteiger partial charge is 0.255 e. The highest BCUT2D eigenvalue weighted by atomic mass is 16.2. The van der Waals surface area contributed by atoms with Gasteiger partial charge in [0, 0.05) is 30.4 Å². The molecule has 1 N–H and O–H groups in total. The van der Waals surface area contributed by atoms with Gasteiger partial charge in [-0.3, -0.25) is 9.59 Å². The Hall–Kier alpha value is -2.62. The van der Waals surface area contributed by atoms with Gasteiger partial charge in [0.05, 0.1) is 0 Å². The van der Waals surface area contributed by atoms with Gasteiger partial charge >= 0.3 is 0 Å². The van der Waals surface area contributed by atoms with Crippen molar-refractivity contribution in [2.75, 3.05) is 16.8 Å². The number of aryl methyl sites for hydroxylation is 2. The lowest BCUT2D eigenvalue weighted by atomic mass is 10.1. The first-order valence-electron chi connectivity index (χ1n) is 7.75. The third-order valence-corrected chi connectivity index (χ3v) is 4.38. The molecule has 0 unspecified atom stereocenters. The van der Waals surface area contributed by atoms with Crippen LogP contribution in [0, 0.1) is 13.8 Å². The van der Waals surface area contributed by atoms with Gasteiger partial charge in [0.2, 0.25) is 5.91 Å². The minimum absolute atomic E-state index is 0.0380. The minimum atomic E-state index is -0.127. The van der Waals surface area contributed by atoms with Gasteiger partial charge in [-0.15, -0.1) is 0 Å². The molecule has 0 radical (unpaired) electrons. The predicted octanol–water partition coefficient (Wildman–Crippen LogP) is 3.46. The Bertz CT molecular complexity index is 796. The zero-order valence-electron chi connectivity index (χ0n) is 13.6. The quantitative estimate of drug-likeness (QED) is 0.923. The lowest BCUT2D eigenvalue weighted by molar-refractivity contribution is -0.116. The molecule has 2 amide bonds. The van der Waals surface area contributed by atoms with Crippen LogP contribution < -0.4 is 10.2 Å². The van der Waals surface area contributed by atoms with E-state index in [-0.39, 0.29) is 11.8 Å². The Labute approximate surface area is 136 Å². The summed E-state index contributed by atoms with van der Waals surface area (Å²) in [7, 11) is 0. The van der Waals surface area contributed by atoms with Crippen LogP contribution in [0.4, 0.5) is 11.4 Å². The Balaban J connectivity index is 1.81. The first-order chi connectivity index (χ1) is 11.0. The Kier molecular flexibility index (Phi) is 3.90. The molecule has 1 aliphatic rings. The molecule has 2 aromatic carbocycles. The first-order valence-corrected chi connectivity index (χ1v) is 7.75. The third kappa shape index (κ3) is 2.97. The van der Waals surface area contributed by atoms with Crippen LogP contribution in [0.1, 0.15) is 34.0 Å². The predicted molar refractivity (Wildman–Crippen MR) is 92.0 cm³/mol. The fraction of sp³-hybridized carbons (Fsp3) is 0.263. The Morgan fingerprint density at radius 2 is 1.83 bits per heavy atom. The summed E-state index contributed by atoms with van der Waals surface area (Å²) >= 11 is 0. The van der Waals surface area contributed by atoms with E-state index in [9.17, 15) is 9.59 Å². The third-order valence-electron chi connectivity index (χ3n) is 4.38. The topological polar surface area (TPSA) is 49.4 Å². The molecule has 0 atom stereocenters. The number of carbonyl (C=O) groups is 2. The number of hydrogen-bond acceptors (Lipinski definition) is 2. The number of nitrogens with one attached hydrogen (secondary N) is 1. The number of rotatable bonds is 2. The van der Waals surface area contributed by atoms with Crippen LogP contribution in [0.25, 0.3) is 0 Å². The molecule has 0 aliphatic carbocycles. The second kappa shape index (κ2) is 5.88. The monoisotopic (exact) mass is 308 g/mol. The molecule has 0 saturated heterocycles. The van der Waals surface area contributed by atoms with Crippen molar-refractivity contribution in [3.05, 3.63) is 58.7 Å². The number of carbonyl (C=O) groups excluding carboxylic acids is 2. The summed E-state index contributed by atoms with van der Waals surface area (Å²) in [6, 6.07) is 11.4. The van der Waals surface area contributed by atoms with E-state index in [4.69, 9.17) is 0 Å². The fourth-order valence-electron chi connectivity index (χ4n) is 2.89. The maximum Gasteiger partial charge on any atom is 0.255 e. The molecular formula is C19H20N2O2. The van der Waals surface area contributed by atoms with Gasteiger partial charge < -0.3 is 10.2 Å². The number of hydrogen-bond donors (Lipinski definition) is 1. The summed E-state index contributed by atoms with van der Waals surface area (Å²) in [5.41, 5.74) is 5.73. The molecule has 4 heteroatoms. The molecule has 0 spiro atoms. The minimum Gasteiger partial charge on any atom is -0.322 e. The summed E-state index contributed by atoms with van der Waals surface area (Å²) in [6.07, 6.45) is 0.791. The highest BCUT2D eigenvalue weighted by molar-refractivity contribution is 6.05. The van der Waals surface area contributed by atoms with Gasteiger partial charge in [0.25, 0.3) is 5.91 Å². The van der Waals surface area contributed by atoms with Gasteiger partial charge in [-0.05, 0) is 67.3 Å². The highest BCUT2D eigenvalue weighted by Gasteiger charge is 2.23. The average Bonchev–Trinajstić information content (AvgIpc) is 2.94. The standard InChI is InChI=1S/C19H20N2O2/c1-12-4-6-17(10-13(12)2)20-19(23)16-5-7-18-15(11-16)8-9-21(18)14(3)22/h4-7,10-11H,8-9H2,1-3H3,(H,20,23). The second-order valence-electron chi connectivity index (χ2n) is 6.02. The van der Waals surface area contributed by atoms with E-state index in [0.717, 1.165) is 28.9 Å². The van der Waals surface area contributed by atoms with E-state index in [2.05, 4.69) is 5.32 Å². The maximum absolute atomic E-state index is 12.4. The van der Waals surface area contributed by atoms with Crippen LogP contribution in [0.3, 0.4) is 0 Å². The van der Waals surface area contributed by atoms with E-state index < -0.39 is 0 Å². The maximum atomic E-state index is 12.4. The van der Waals surface area contributed by atoms with Gasteiger partial charge in [0.15, 0.2) is 0 Å². The lowest BCUT2D eigenvalue weighted by Crippen LogP contribution is -2.25. The van der Waals surface area contributed by atoms with Crippen LogP contribution in [0.15, 0.2) is 36.4 Å². The van der Waals surface area contributed by atoms with Gasteiger partial charge in [-0.2, -0.15) is 0 Å². The number of benzene rings is 2. The van der Waals surface area contributed by atoms with Crippen LogP contribution >= 0.6 is 0 Å². The first kappa shape index (κ1) is 15.3. The van der Waals surface area contributed by atoms with Crippen molar-refractivity contribution in [3.63, 3.8) is 0 Å². The summed E-state index contributed by atoms with van der Waals surface area (Å²) < 4.78 is 0. The Morgan fingerprint density at radius 1 is 1.04 bits per heavy atom. The van der Waals surface area contributed by atoms with Crippen molar-refractivity contribution < 1.29 is 9.59 Å². The van der Waals surface area contributed by atoms with Crippen molar-refractivity contribution in [1.29, 1.82) is 0 Å². The van der Waals surface area contributed by atoms with Crippen LogP contribution in [0.2, 0.25) is 0 Å². The zero-order valence-corrected chi connectivity index (χ0v) is 13.6. The largest absolute Gasteiger partial charge is 0.322 e. The molecule has 118 valence electrons. The van der Waals surface area contributed by atoms with Crippen molar-refractivity contribution in [2.45, 2.75) is 27.2 Å². The molecule has 1 aliphatic heterocycles. The summed E-state index contributed by atoms with van der Waals surface area (Å²) in [5, 5.41) is 2.93. The Morgan fingerprint density at radius 3 is 2.52 bits per heavy atom. The van der Waals surface area contributed by atoms with E-state index in [1.165, 1.54) is 5.56 Å². The van der Waals surface area contributed by atoms with Gasteiger partial charge in [-0.1, -0.05) is 6.07 Å². The summed E-state index contributed by atoms with van der Waals surface area (Å²) in [4.78, 5) is 25.8. The van der Waals surface area contributed by atoms with Crippen molar-refractivity contribution >= 4 is 23.2 Å². The van der Waals surface area contributed by atoms with Crippen molar-refractivity contribution in [3.8, 4) is 0 Å². The van der Waals surface area contributed by atoms with E-state index in [1.54, 1.807) is 17.9 Å². The number of amides is 2. The zero-order chi connectivity index (χ0) is 16.6. The fourth-order valence-corrected chi connectivity index (χ4v) is 2.89. The lowest BCUT2D eigenvalue weighted by Gasteiger charge is -2.15. The molecule has 1 heterocycles. The molecule has 3 rings (SSSR count). The number of fused-ring (bicyclic) bond motifs is 1. The van der Waals surface area contributed by atoms with E-state index in [0.29, 0.717) is 12.1 Å². The van der Waals surface area contributed by atoms with Crippen molar-refractivity contribution in [2.24, 2.45) is 0 Å². The molecule has 0 bridgehead atoms. The summed E-state index contributed by atoms with van der Waals surface area (Å²) in [5.74, 6) is -0.0894. The van der Waals surface area contributed by atoms with Crippen LogP contribution in [-0.4, -0.2) is 18.4 Å². The van der Waals surface area contributed by atoms with Gasteiger partial charge in [0.1, 0.15) is 0 Å². The molecule has 0 saturated carbocycles. The molecule has 0 fully saturated rings. The van der Waals surface area contributed by atoms with E-state index >= 15 is 0 Å². The second-order valence-corrected chi connectivity index (χ2v) is 6.02. The molecule has 2 aromatic rings. The average molecular weight is 308 g/mol. The normalized spacial score (nSPS) is 12.9. The van der Waals surface area contributed by atoms with E-state index in [1.807, 2.05) is 44.2 Å². The number of nitrogens with zero attached hydrogens (tertiary/aromatic N) is 1. The summed E-state index contributed by atoms with van der Waals surface area (Å²) in [6.45, 7) is 6.32. The molecule has 23 heavy (non-hydrogen) atoms. The highest BCUT2D eigenvalue weighted by Crippen LogP contribution is 2.29.